The minimum Gasteiger partial charge on any atom is -0.376 e. The van der Waals surface area contributed by atoms with Gasteiger partial charge in [-0.3, -0.25) is 0 Å². The lowest BCUT2D eigenvalue weighted by molar-refractivity contribution is -0.0695. The zero-order chi connectivity index (χ0) is 8.81. The topological polar surface area (TPSA) is 30.5 Å². The van der Waals surface area contributed by atoms with Crippen LogP contribution in [0.25, 0.3) is 0 Å². The number of nitrogens with one attached hydrogen (secondary N) is 1. The molecule has 3 nitrogen and oxygen atoms in total. The van der Waals surface area contributed by atoms with Crippen molar-refractivity contribution in [2.75, 3.05) is 33.0 Å². The fourth-order valence-corrected chi connectivity index (χ4v) is 1.24. The number of hydrogen-bond donors (Lipinski definition) is 1. The summed E-state index contributed by atoms with van der Waals surface area (Å²) < 4.78 is 22.2. The van der Waals surface area contributed by atoms with E-state index in [2.05, 4.69) is 5.32 Å². The van der Waals surface area contributed by atoms with E-state index in [-0.39, 0.29) is 18.8 Å². The van der Waals surface area contributed by atoms with Crippen molar-refractivity contribution in [1.82, 2.24) is 5.32 Å². The number of alkyl halides is 1. The second kappa shape index (κ2) is 5.45. The predicted molar refractivity (Wildman–Crippen MR) is 44.0 cm³/mol. The molecule has 1 saturated heterocycles. The van der Waals surface area contributed by atoms with Gasteiger partial charge in [-0.1, -0.05) is 0 Å². The largest absolute Gasteiger partial charge is 0.376 e. The number of morpholine rings is 1. The lowest BCUT2D eigenvalue weighted by atomic mass is 10.2. The number of hydrogen-bond acceptors (Lipinski definition) is 3. The summed E-state index contributed by atoms with van der Waals surface area (Å²) in [5.74, 6) is 0. The van der Waals surface area contributed by atoms with Gasteiger partial charge in [0.2, 0.25) is 0 Å². The summed E-state index contributed by atoms with van der Waals surface area (Å²) in [5, 5.41) is 3.21. The maximum Gasteiger partial charge on any atom is 0.113 e. The van der Waals surface area contributed by atoms with Gasteiger partial charge in [0.15, 0.2) is 0 Å². The van der Waals surface area contributed by atoms with Crippen molar-refractivity contribution in [3.05, 3.63) is 0 Å². The molecule has 0 aliphatic carbocycles. The molecule has 0 amide bonds. The van der Waals surface area contributed by atoms with Crippen molar-refractivity contribution in [2.24, 2.45) is 0 Å². The molecule has 1 heterocycles. The molecule has 72 valence electrons. The first-order chi connectivity index (χ1) is 5.83. The minimum absolute atomic E-state index is 0.0836. The van der Waals surface area contributed by atoms with Crippen molar-refractivity contribution >= 4 is 0 Å². The Hall–Kier alpha value is -0.190. The normalized spacial score (nSPS) is 30.5. The lowest BCUT2D eigenvalue weighted by Gasteiger charge is -2.28. The van der Waals surface area contributed by atoms with Crippen LogP contribution in [-0.4, -0.2) is 45.2 Å². The predicted octanol–water partition coefficient (Wildman–Crippen LogP) is 0.349. The van der Waals surface area contributed by atoms with Crippen molar-refractivity contribution < 1.29 is 13.9 Å². The fourth-order valence-electron chi connectivity index (χ4n) is 1.24. The Bertz CT molecular complexity index is 124. The molecule has 1 rings (SSSR count). The van der Waals surface area contributed by atoms with Gasteiger partial charge in [-0.25, -0.2) is 4.39 Å². The molecular formula is C8H16FNO2. The van der Waals surface area contributed by atoms with Crippen molar-refractivity contribution in [3.8, 4) is 0 Å². The van der Waals surface area contributed by atoms with Gasteiger partial charge in [0.1, 0.15) is 6.67 Å². The third-order valence-corrected chi connectivity index (χ3v) is 1.75. The van der Waals surface area contributed by atoms with E-state index < -0.39 is 6.67 Å². The third kappa shape index (κ3) is 3.47. The van der Waals surface area contributed by atoms with Gasteiger partial charge < -0.3 is 14.8 Å². The molecule has 1 fully saturated rings. The summed E-state index contributed by atoms with van der Waals surface area (Å²) in [7, 11) is 0. The van der Waals surface area contributed by atoms with Gasteiger partial charge in [-0.2, -0.15) is 0 Å². The van der Waals surface area contributed by atoms with Crippen LogP contribution >= 0.6 is 0 Å². The minimum atomic E-state index is -0.421. The summed E-state index contributed by atoms with van der Waals surface area (Å²) >= 11 is 0. The third-order valence-electron chi connectivity index (χ3n) is 1.75. The number of ether oxygens (including phenoxy) is 2. The van der Waals surface area contributed by atoms with E-state index in [0.717, 1.165) is 13.1 Å². The van der Waals surface area contributed by atoms with Crippen LogP contribution < -0.4 is 5.32 Å². The highest BCUT2D eigenvalue weighted by Crippen LogP contribution is 2.03. The molecule has 1 aliphatic heterocycles. The van der Waals surface area contributed by atoms with Gasteiger partial charge in [-0.05, 0) is 6.92 Å². The lowest BCUT2D eigenvalue weighted by Crippen LogP contribution is -2.45. The molecule has 0 bridgehead atoms. The summed E-state index contributed by atoms with van der Waals surface area (Å²) in [4.78, 5) is 0. The molecule has 0 aromatic rings. The smallest absolute Gasteiger partial charge is 0.113 e. The maximum absolute atomic E-state index is 11.6. The maximum atomic E-state index is 11.6. The Morgan fingerprint density at radius 1 is 1.58 bits per heavy atom. The summed E-state index contributed by atoms with van der Waals surface area (Å²) in [6.07, 6.45) is 0.318. The molecule has 4 heteroatoms. The van der Waals surface area contributed by atoms with Crippen molar-refractivity contribution in [2.45, 2.75) is 19.1 Å². The SMILES string of the molecule is CC1CNCC(COCCF)O1. The van der Waals surface area contributed by atoms with Crippen LogP contribution in [0.3, 0.4) is 0 Å². The van der Waals surface area contributed by atoms with Crippen LogP contribution in [0.5, 0.6) is 0 Å². The molecule has 0 aromatic carbocycles. The Labute approximate surface area is 72.2 Å². The zero-order valence-corrected chi connectivity index (χ0v) is 7.38. The summed E-state index contributed by atoms with van der Waals surface area (Å²) in [6.45, 7) is 3.94. The van der Waals surface area contributed by atoms with Gasteiger partial charge in [0.25, 0.3) is 0 Å². The van der Waals surface area contributed by atoms with E-state index in [9.17, 15) is 4.39 Å². The van der Waals surface area contributed by atoms with Crippen LogP contribution in [0.2, 0.25) is 0 Å². The average molecular weight is 177 g/mol. The Morgan fingerprint density at radius 2 is 2.42 bits per heavy atom. The van der Waals surface area contributed by atoms with Gasteiger partial charge in [0, 0.05) is 13.1 Å². The highest BCUT2D eigenvalue weighted by molar-refractivity contribution is 4.70. The van der Waals surface area contributed by atoms with Gasteiger partial charge in [-0.15, -0.1) is 0 Å². The molecule has 1 N–H and O–H groups in total. The molecule has 0 saturated carbocycles. The first-order valence-corrected chi connectivity index (χ1v) is 4.33. The first-order valence-electron chi connectivity index (χ1n) is 4.33. The van der Waals surface area contributed by atoms with Crippen molar-refractivity contribution in [3.63, 3.8) is 0 Å². The number of rotatable bonds is 4. The fraction of sp³-hybridized carbons (Fsp3) is 1.00. The molecule has 0 radical (unpaired) electrons. The van der Waals surface area contributed by atoms with Crippen molar-refractivity contribution in [1.29, 1.82) is 0 Å². The monoisotopic (exact) mass is 177 g/mol. The molecule has 0 aromatic heterocycles. The van der Waals surface area contributed by atoms with Crippen LogP contribution in [-0.2, 0) is 9.47 Å². The zero-order valence-electron chi connectivity index (χ0n) is 7.38. The van der Waals surface area contributed by atoms with E-state index in [1.165, 1.54) is 0 Å². The van der Waals surface area contributed by atoms with E-state index in [1.807, 2.05) is 6.92 Å². The highest BCUT2D eigenvalue weighted by atomic mass is 19.1. The van der Waals surface area contributed by atoms with Crippen LogP contribution in [0.15, 0.2) is 0 Å². The highest BCUT2D eigenvalue weighted by Gasteiger charge is 2.18. The second-order valence-corrected chi connectivity index (χ2v) is 2.99. The summed E-state index contributed by atoms with van der Waals surface area (Å²) in [6, 6.07) is 0. The number of halogens is 1. The Balaban J connectivity index is 2.06. The standard InChI is InChI=1S/C8H16FNO2/c1-7-4-10-5-8(12-7)6-11-3-2-9/h7-8,10H,2-6H2,1H3. The summed E-state index contributed by atoms with van der Waals surface area (Å²) in [5.41, 5.74) is 0. The van der Waals surface area contributed by atoms with Crippen LogP contribution in [0.4, 0.5) is 4.39 Å². The molecule has 1 aliphatic rings. The molecule has 2 atom stereocenters. The molecular weight excluding hydrogens is 161 g/mol. The van der Waals surface area contributed by atoms with E-state index >= 15 is 0 Å². The molecule has 0 spiro atoms. The molecule has 12 heavy (non-hydrogen) atoms. The van der Waals surface area contributed by atoms with E-state index in [4.69, 9.17) is 9.47 Å². The van der Waals surface area contributed by atoms with Crippen LogP contribution in [0, 0.1) is 0 Å². The van der Waals surface area contributed by atoms with Gasteiger partial charge >= 0.3 is 0 Å². The van der Waals surface area contributed by atoms with E-state index in [0.29, 0.717) is 6.61 Å². The first kappa shape index (κ1) is 9.89. The van der Waals surface area contributed by atoms with E-state index in [1.54, 1.807) is 0 Å². The second-order valence-electron chi connectivity index (χ2n) is 2.99. The Morgan fingerprint density at radius 3 is 3.08 bits per heavy atom. The molecule has 2 unspecified atom stereocenters. The van der Waals surface area contributed by atoms with Crippen LogP contribution in [0.1, 0.15) is 6.92 Å². The average Bonchev–Trinajstić information content (AvgIpc) is 2.05. The van der Waals surface area contributed by atoms with Gasteiger partial charge in [0.05, 0.1) is 25.4 Å². The quantitative estimate of drug-likeness (QED) is 0.628. The Kier molecular flexibility index (Phi) is 4.50.